The summed E-state index contributed by atoms with van der Waals surface area (Å²) in [5.41, 5.74) is 2.89. The fraction of sp³-hybridized carbons (Fsp3) is 0.500. The zero-order valence-electron chi connectivity index (χ0n) is 5.49. The van der Waals surface area contributed by atoms with Crippen molar-refractivity contribution in [3.05, 3.63) is 0 Å². The fourth-order valence-electron chi connectivity index (χ4n) is 0.246. The second kappa shape index (κ2) is 2.68. The molecule has 0 saturated carbocycles. The van der Waals surface area contributed by atoms with Crippen LogP contribution < -0.4 is 0 Å². The number of carbonyl (C=O) groups is 1. The molecule has 0 aromatic rings. The smallest absolute Gasteiger partial charge is 0.192 e. The van der Waals surface area contributed by atoms with Crippen LogP contribution in [0.25, 0.3) is 0 Å². The van der Waals surface area contributed by atoms with Gasteiger partial charge in [0, 0.05) is 0 Å². The van der Waals surface area contributed by atoms with Crippen LogP contribution in [-0.2, 0) is 4.79 Å². The van der Waals surface area contributed by atoms with Gasteiger partial charge in [0.25, 0.3) is 0 Å². The highest BCUT2D eigenvalue weighted by atomic mass is 28.3. The summed E-state index contributed by atoms with van der Waals surface area (Å²) in [6.45, 7) is 6.30. The summed E-state index contributed by atoms with van der Waals surface area (Å²) >= 11 is 0. The topological polar surface area (TPSA) is 17.1 Å². The molecule has 8 heavy (non-hydrogen) atoms. The first kappa shape index (κ1) is 7.45. The van der Waals surface area contributed by atoms with E-state index in [1.807, 2.05) is 0 Å². The maximum atomic E-state index is 9.70. The van der Waals surface area contributed by atoms with Gasteiger partial charge < -0.3 is 0 Å². The first-order valence-corrected chi connectivity index (χ1v) is 6.02. The third-order valence-corrected chi connectivity index (χ3v) is 1.40. The number of carbonyl (C=O) groups excluding carboxylic acids is 1. The number of hydrogen-bond acceptors (Lipinski definition) is 1. The van der Waals surface area contributed by atoms with E-state index in [0.717, 1.165) is 0 Å². The SMILES string of the molecule is C[Si](C)(C)C#CC=O. The largest absolute Gasteiger partial charge is 0.289 e. The van der Waals surface area contributed by atoms with Gasteiger partial charge in [-0.15, -0.1) is 5.54 Å². The molecular formula is C6H10OSi. The highest BCUT2D eigenvalue weighted by Gasteiger charge is 2.06. The van der Waals surface area contributed by atoms with Crippen LogP contribution >= 0.6 is 0 Å². The first-order chi connectivity index (χ1) is 3.56. The van der Waals surface area contributed by atoms with E-state index < -0.39 is 8.07 Å². The molecule has 2 heteroatoms. The van der Waals surface area contributed by atoms with Crippen molar-refractivity contribution in [3.8, 4) is 11.5 Å². The Morgan fingerprint density at radius 3 is 2.00 bits per heavy atom. The van der Waals surface area contributed by atoms with Crippen LogP contribution in [0.3, 0.4) is 0 Å². The van der Waals surface area contributed by atoms with E-state index in [4.69, 9.17) is 0 Å². The molecule has 0 N–H and O–H groups in total. The van der Waals surface area contributed by atoms with Gasteiger partial charge in [-0.1, -0.05) is 19.6 Å². The molecule has 0 aromatic heterocycles. The Bertz CT molecular complexity index is 133. The summed E-state index contributed by atoms with van der Waals surface area (Å²) in [7, 11) is -1.27. The molecule has 0 aliphatic heterocycles. The van der Waals surface area contributed by atoms with E-state index in [1.165, 1.54) is 0 Å². The molecule has 0 heterocycles. The molecule has 0 saturated heterocycles. The van der Waals surface area contributed by atoms with E-state index in [-0.39, 0.29) is 0 Å². The Labute approximate surface area is 51.1 Å². The normalized spacial score (nSPS) is 9.38. The Balaban J connectivity index is 3.87. The zero-order valence-corrected chi connectivity index (χ0v) is 6.49. The van der Waals surface area contributed by atoms with Crippen molar-refractivity contribution in [2.45, 2.75) is 19.6 Å². The molecule has 0 atom stereocenters. The van der Waals surface area contributed by atoms with Crippen LogP contribution in [0.5, 0.6) is 0 Å². The summed E-state index contributed by atoms with van der Waals surface area (Å²) in [4.78, 5) is 9.70. The van der Waals surface area contributed by atoms with Gasteiger partial charge in [-0.2, -0.15) is 0 Å². The molecule has 0 bridgehead atoms. The Hall–Kier alpha value is -0.553. The van der Waals surface area contributed by atoms with Crippen molar-refractivity contribution < 1.29 is 4.79 Å². The van der Waals surface area contributed by atoms with Crippen LogP contribution in [0, 0.1) is 11.5 Å². The van der Waals surface area contributed by atoms with Crippen LogP contribution in [0.15, 0.2) is 0 Å². The second-order valence-corrected chi connectivity index (χ2v) is 7.39. The molecule has 0 amide bonds. The maximum absolute atomic E-state index is 9.70. The van der Waals surface area contributed by atoms with Crippen molar-refractivity contribution >= 4 is 14.4 Å². The van der Waals surface area contributed by atoms with Gasteiger partial charge in [-0.3, -0.25) is 4.79 Å². The Morgan fingerprint density at radius 2 is 1.88 bits per heavy atom. The van der Waals surface area contributed by atoms with Gasteiger partial charge in [0.15, 0.2) is 6.29 Å². The number of aldehydes is 1. The van der Waals surface area contributed by atoms with Gasteiger partial charge in [-0.25, -0.2) is 0 Å². The molecule has 0 rings (SSSR count). The predicted octanol–water partition coefficient (Wildman–Crippen LogP) is 1.07. The number of rotatable bonds is 0. The van der Waals surface area contributed by atoms with E-state index in [9.17, 15) is 4.79 Å². The molecule has 0 fully saturated rings. The maximum Gasteiger partial charge on any atom is 0.192 e. The van der Waals surface area contributed by atoms with E-state index in [2.05, 4.69) is 31.1 Å². The molecule has 0 radical (unpaired) electrons. The monoisotopic (exact) mass is 126 g/mol. The van der Waals surface area contributed by atoms with Crippen LogP contribution in [-0.4, -0.2) is 14.4 Å². The molecule has 0 aromatic carbocycles. The summed E-state index contributed by atoms with van der Waals surface area (Å²) in [5.74, 6) is 2.42. The average Bonchev–Trinajstić information content (AvgIpc) is 1.59. The highest BCUT2D eigenvalue weighted by Crippen LogP contribution is 1.94. The molecule has 1 nitrogen and oxygen atoms in total. The molecule has 44 valence electrons. The van der Waals surface area contributed by atoms with E-state index in [1.54, 1.807) is 0 Å². The molecule has 0 aliphatic carbocycles. The first-order valence-electron chi connectivity index (χ1n) is 2.52. The van der Waals surface area contributed by atoms with Gasteiger partial charge in [0.05, 0.1) is 0 Å². The van der Waals surface area contributed by atoms with Gasteiger partial charge >= 0.3 is 0 Å². The minimum atomic E-state index is -1.27. The van der Waals surface area contributed by atoms with E-state index >= 15 is 0 Å². The average molecular weight is 126 g/mol. The zero-order chi connectivity index (χ0) is 6.62. The van der Waals surface area contributed by atoms with Crippen molar-refractivity contribution in [3.63, 3.8) is 0 Å². The lowest BCUT2D eigenvalue weighted by Gasteiger charge is -2.01. The lowest BCUT2D eigenvalue weighted by atomic mass is 10.8. The molecule has 0 aliphatic rings. The van der Waals surface area contributed by atoms with Crippen molar-refractivity contribution in [2.75, 3.05) is 0 Å². The molecular weight excluding hydrogens is 116 g/mol. The highest BCUT2D eigenvalue weighted by molar-refractivity contribution is 6.84. The molecule has 0 spiro atoms. The Kier molecular flexibility index (Phi) is 2.50. The summed E-state index contributed by atoms with van der Waals surface area (Å²) in [6.07, 6.45) is 0.651. The van der Waals surface area contributed by atoms with Crippen molar-refractivity contribution in [1.29, 1.82) is 0 Å². The number of hydrogen-bond donors (Lipinski definition) is 0. The minimum Gasteiger partial charge on any atom is -0.289 e. The fourth-order valence-corrected chi connectivity index (χ4v) is 0.738. The lowest BCUT2D eigenvalue weighted by molar-refractivity contribution is -0.103. The van der Waals surface area contributed by atoms with Gasteiger partial charge in [0.2, 0.25) is 0 Å². The lowest BCUT2D eigenvalue weighted by Crippen LogP contribution is -2.16. The quantitative estimate of drug-likeness (QED) is 0.269. The van der Waals surface area contributed by atoms with Crippen molar-refractivity contribution in [2.24, 2.45) is 0 Å². The Morgan fingerprint density at radius 1 is 1.38 bits per heavy atom. The summed E-state index contributed by atoms with van der Waals surface area (Å²) in [6, 6.07) is 0. The molecule has 0 unspecified atom stereocenters. The standard InChI is InChI=1S/C6H10OSi/c1-8(2,3)6-4-5-7/h5H,1-3H3. The van der Waals surface area contributed by atoms with Crippen molar-refractivity contribution in [1.82, 2.24) is 0 Å². The summed E-state index contributed by atoms with van der Waals surface area (Å²) < 4.78 is 0. The van der Waals surface area contributed by atoms with E-state index in [0.29, 0.717) is 6.29 Å². The summed E-state index contributed by atoms with van der Waals surface area (Å²) in [5, 5.41) is 0. The second-order valence-electron chi connectivity index (χ2n) is 2.64. The van der Waals surface area contributed by atoms with Crippen LogP contribution in [0.4, 0.5) is 0 Å². The van der Waals surface area contributed by atoms with Crippen LogP contribution in [0.2, 0.25) is 19.6 Å². The predicted molar refractivity (Wildman–Crippen MR) is 37.2 cm³/mol. The van der Waals surface area contributed by atoms with Crippen LogP contribution in [0.1, 0.15) is 0 Å². The minimum absolute atomic E-state index is 0.651. The van der Waals surface area contributed by atoms with Gasteiger partial charge in [0.1, 0.15) is 8.07 Å². The van der Waals surface area contributed by atoms with Gasteiger partial charge in [-0.05, 0) is 5.92 Å². The third kappa shape index (κ3) is 5.45. The third-order valence-electron chi connectivity index (χ3n) is 0.506.